The van der Waals surface area contributed by atoms with Gasteiger partial charge in [0.25, 0.3) is 0 Å². The maximum absolute atomic E-state index is 12.5. The minimum Gasteiger partial charge on any atom is -0.398 e. The van der Waals surface area contributed by atoms with Crippen LogP contribution in [0, 0.1) is 19.8 Å². The third-order valence-corrected chi connectivity index (χ3v) is 6.58. The molecule has 1 aromatic rings. The molecule has 0 saturated carbocycles. The molecule has 0 spiro atoms. The van der Waals surface area contributed by atoms with Crippen LogP contribution in [-0.4, -0.2) is 26.5 Å². The van der Waals surface area contributed by atoms with E-state index in [2.05, 4.69) is 4.72 Å². The molecule has 6 heteroatoms. The average Bonchev–Trinajstić information content (AvgIpc) is 2.42. The van der Waals surface area contributed by atoms with Crippen molar-refractivity contribution in [1.82, 2.24) is 4.72 Å². The molecule has 0 aromatic heterocycles. The maximum atomic E-state index is 12.5. The number of aryl methyl sites for hydroxylation is 1. The van der Waals surface area contributed by atoms with Crippen LogP contribution in [0.15, 0.2) is 17.0 Å². The Morgan fingerprint density at radius 1 is 1.30 bits per heavy atom. The number of hydrogen-bond acceptors (Lipinski definition) is 4. The molecule has 1 aromatic carbocycles. The van der Waals surface area contributed by atoms with Gasteiger partial charge in [0.1, 0.15) is 0 Å². The van der Waals surface area contributed by atoms with Crippen molar-refractivity contribution >= 4 is 27.5 Å². The van der Waals surface area contributed by atoms with Crippen LogP contribution in [0.1, 0.15) is 24.0 Å². The summed E-state index contributed by atoms with van der Waals surface area (Å²) in [6.45, 7) is 4.09. The van der Waals surface area contributed by atoms with E-state index in [4.69, 9.17) is 5.73 Å². The zero-order valence-corrected chi connectivity index (χ0v) is 13.6. The number of thioether (sulfide) groups is 1. The summed E-state index contributed by atoms with van der Waals surface area (Å²) in [6.07, 6.45) is 2.17. The van der Waals surface area contributed by atoms with Crippen LogP contribution in [0.5, 0.6) is 0 Å². The molecular formula is C14H22N2O2S2. The van der Waals surface area contributed by atoms with E-state index in [1.807, 2.05) is 11.8 Å². The Balaban J connectivity index is 2.16. The first-order valence-electron chi connectivity index (χ1n) is 6.85. The maximum Gasteiger partial charge on any atom is 0.241 e. The molecule has 0 aliphatic carbocycles. The summed E-state index contributed by atoms with van der Waals surface area (Å²) < 4.78 is 27.8. The minimum atomic E-state index is -3.48. The lowest BCUT2D eigenvalue weighted by molar-refractivity contribution is 0.476. The first-order valence-corrected chi connectivity index (χ1v) is 9.48. The summed E-state index contributed by atoms with van der Waals surface area (Å²) in [7, 11) is -3.48. The van der Waals surface area contributed by atoms with E-state index < -0.39 is 10.0 Å². The first kappa shape index (κ1) is 15.7. The zero-order valence-electron chi connectivity index (χ0n) is 12.0. The molecule has 2 rings (SSSR count). The second kappa shape index (κ2) is 6.37. The van der Waals surface area contributed by atoms with Crippen LogP contribution in [0.25, 0.3) is 0 Å². The van der Waals surface area contributed by atoms with E-state index in [-0.39, 0.29) is 0 Å². The van der Waals surface area contributed by atoms with Gasteiger partial charge in [0.2, 0.25) is 10.0 Å². The minimum absolute atomic E-state index is 0.336. The third-order valence-electron chi connectivity index (χ3n) is 3.82. The molecule has 4 nitrogen and oxygen atoms in total. The molecule has 3 N–H and O–H groups in total. The standard InChI is InChI=1S/C14H22N2O2S2/c1-10-3-4-13(15)11(2)14(10)20(17,18)16-9-12-5-7-19-8-6-12/h3-4,12,16H,5-9,15H2,1-2H3. The van der Waals surface area contributed by atoms with Gasteiger partial charge in [-0.1, -0.05) is 6.07 Å². The highest BCUT2D eigenvalue weighted by Crippen LogP contribution is 2.26. The van der Waals surface area contributed by atoms with Crippen molar-refractivity contribution in [2.75, 3.05) is 23.8 Å². The largest absolute Gasteiger partial charge is 0.398 e. The zero-order chi connectivity index (χ0) is 14.8. The van der Waals surface area contributed by atoms with Gasteiger partial charge >= 0.3 is 0 Å². The number of nitrogens with one attached hydrogen (secondary N) is 1. The molecule has 0 atom stereocenters. The summed E-state index contributed by atoms with van der Waals surface area (Å²) in [5, 5.41) is 0. The Labute approximate surface area is 125 Å². The van der Waals surface area contributed by atoms with Crippen molar-refractivity contribution in [3.8, 4) is 0 Å². The summed E-state index contributed by atoms with van der Waals surface area (Å²) in [4.78, 5) is 0.336. The Bertz CT molecular complexity index is 579. The van der Waals surface area contributed by atoms with Crippen molar-refractivity contribution in [3.63, 3.8) is 0 Å². The summed E-state index contributed by atoms with van der Waals surface area (Å²) in [5.74, 6) is 2.71. The van der Waals surface area contributed by atoms with Crippen molar-refractivity contribution in [3.05, 3.63) is 23.3 Å². The second-order valence-corrected chi connectivity index (χ2v) is 8.26. The molecule has 1 aliphatic heterocycles. The predicted octanol–water partition coefficient (Wildman–Crippen LogP) is 2.31. The van der Waals surface area contributed by atoms with Gasteiger partial charge in [-0.25, -0.2) is 13.1 Å². The van der Waals surface area contributed by atoms with E-state index in [0.29, 0.717) is 28.6 Å². The molecular weight excluding hydrogens is 292 g/mol. The Morgan fingerprint density at radius 2 is 1.95 bits per heavy atom. The molecule has 1 saturated heterocycles. The smallest absolute Gasteiger partial charge is 0.241 e. The SMILES string of the molecule is Cc1ccc(N)c(C)c1S(=O)(=O)NCC1CCSCC1. The number of nitrogen functional groups attached to an aromatic ring is 1. The number of benzene rings is 1. The van der Waals surface area contributed by atoms with E-state index >= 15 is 0 Å². The van der Waals surface area contributed by atoms with Gasteiger partial charge in [0.05, 0.1) is 4.90 Å². The summed E-state index contributed by atoms with van der Waals surface area (Å²) in [5.41, 5.74) is 7.72. The van der Waals surface area contributed by atoms with Gasteiger partial charge in [-0.15, -0.1) is 0 Å². The lowest BCUT2D eigenvalue weighted by Gasteiger charge is -2.22. The van der Waals surface area contributed by atoms with Crippen molar-refractivity contribution in [2.45, 2.75) is 31.6 Å². The van der Waals surface area contributed by atoms with Crippen LogP contribution < -0.4 is 10.5 Å². The van der Waals surface area contributed by atoms with Crippen LogP contribution in [0.3, 0.4) is 0 Å². The fourth-order valence-electron chi connectivity index (χ4n) is 2.51. The van der Waals surface area contributed by atoms with Crippen molar-refractivity contribution < 1.29 is 8.42 Å². The molecule has 20 heavy (non-hydrogen) atoms. The van der Waals surface area contributed by atoms with E-state index in [0.717, 1.165) is 29.9 Å². The van der Waals surface area contributed by atoms with Gasteiger partial charge in [0.15, 0.2) is 0 Å². The Kier molecular flexibility index (Phi) is 4.99. The van der Waals surface area contributed by atoms with E-state index in [9.17, 15) is 8.42 Å². The second-order valence-electron chi connectivity index (χ2n) is 5.33. The molecule has 112 valence electrons. The number of hydrogen-bond donors (Lipinski definition) is 2. The molecule has 0 bridgehead atoms. The summed E-state index contributed by atoms with van der Waals surface area (Å²) >= 11 is 1.94. The Morgan fingerprint density at radius 3 is 2.60 bits per heavy atom. The number of sulfonamides is 1. The third kappa shape index (κ3) is 3.48. The molecule has 1 heterocycles. The number of rotatable bonds is 4. The normalized spacial score (nSPS) is 17.3. The first-order chi connectivity index (χ1) is 9.42. The molecule has 0 unspecified atom stereocenters. The van der Waals surface area contributed by atoms with Crippen LogP contribution >= 0.6 is 11.8 Å². The van der Waals surface area contributed by atoms with Crippen molar-refractivity contribution in [1.29, 1.82) is 0 Å². The van der Waals surface area contributed by atoms with Crippen LogP contribution in [0.2, 0.25) is 0 Å². The van der Waals surface area contributed by atoms with Gasteiger partial charge in [-0.3, -0.25) is 0 Å². The highest BCUT2D eigenvalue weighted by Gasteiger charge is 2.22. The monoisotopic (exact) mass is 314 g/mol. The highest BCUT2D eigenvalue weighted by atomic mass is 32.2. The van der Waals surface area contributed by atoms with Gasteiger partial charge in [0, 0.05) is 12.2 Å². The number of anilines is 1. The number of nitrogens with two attached hydrogens (primary N) is 1. The predicted molar refractivity (Wildman–Crippen MR) is 85.6 cm³/mol. The van der Waals surface area contributed by atoms with Gasteiger partial charge in [-0.05, 0) is 61.3 Å². The fraction of sp³-hybridized carbons (Fsp3) is 0.571. The quantitative estimate of drug-likeness (QED) is 0.837. The Hall–Kier alpha value is -0.720. The lowest BCUT2D eigenvalue weighted by Crippen LogP contribution is -2.32. The molecule has 0 amide bonds. The average molecular weight is 314 g/mol. The van der Waals surface area contributed by atoms with Gasteiger partial charge in [-0.2, -0.15) is 11.8 Å². The highest BCUT2D eigenvalue weighted by molar-refractivity contribution is 7.99. The van der Waals surface area contributed by atoms with Gasteiger partial charge < -0.3 is 5.73 Å². The van der Waals surface area contributed by atoms with E-state index in [1.165, 1.54) is 0 Å². The van der Waals surface area contributed by atoms with Crippen LogP contribution in [0.4, 0.5) is 5.69 Å². The topological polar surface area (TPSA) is 72.2 Å². The molecule has 0 radical (unpaired) electrons. The molecule has 1 fully saturated rings. The van der Waals surface area contributed by atoms with E-state index in [1.54, 1.807) is 26.0 Å². The lowest BCUT2D eigenvalue weighted by atomic mass is 10.0. The van der Waals surface area contributed by atoms with Crippen molar-refractivity contribution in [2.24, 2.45) is 5.92 Å². The van der Waals surface area contributed by atoms with Crippen LogP contribution in [-0.2, 0) is 10.0 Å². The molecule has 1 aliphatic rings. The fourth-order valence-corrected chi connectivity index (χ4v) is 5.32. The summed E-state index contributed by atoms with van der Waals surface area (Å²) in [6, 6.07) is 3.51.